The van der Waals surface area contributed by atoms with Gasteiger partial charge in [-0.25, -0.2) is 4.39 Å². The number of carbonyl (C=O) groups is 3. The van der Waals surface area contributed by atoms with E-state index in [9.17, 15) is 24.0 Å². The molecule has 0 fully saturated rings. The fourth-order valence-corrected chi connectivity index (χ4v) is 3.98. The minimum Gasteiger partial charge on any atom is -0.497 e. The number of ketones is 1. The van der Waals surface area contributed by atoms with Crippen molar-refractivity contribution in [1.82, 2.24) is 0 Å². The smallest absolute Gasteiger partial charge is 0.306 e. The lowest BCUT2D eigenvalue weighted by Gasteiger charge is -2.06. The summed E-state index contributed by atoms with van der Waals surface area (Å²) in [6.45, 7) is -0.662. The number of amides is 1. The van der Waals surface area contributed by atoms with E-state index < -0.39 is 24.3 Å². The first-order chi connectivity index (χ1) is 19.8. The van der Waals surface area contributed by atoms with E-state index in [1.54, 1.807) is 62.8 Å². The maximum Gasteiger partial charge on any atom is 0.306 e. The predicted octanol–water partition coefficient (Wildman–Crippen LogP) is 5.79. The Morgan fingerprint density at radius 2 is 1.44 bits per heavy atom. The second-order valence-electron chi connectivity index (χ2n) is 8.72. The van der Waals surface area contributed by atoms with E-state index >= 15 is 0 Å². The van der Waals surface area contributed by atoms with Gasteiger partial charge in [0.2, 0.25) is 5.88 Å². The monoisotopic (exact) mass is 556 g/mol. The van der Waals surface area contributed by atoms with Crippen LogP contribution in [0.25, 0.3) is 22.5 Å². The summed E-state index contributed by atoms with van der Waals surface area (Å²) in [6.07, 6.45) is -0.434. The highest BCUT2D eigenvalue weighted by molar-refractivity contribution is 5.98. The zero-order chi connectivity index (χ0) is 29.4. The van der Waals surface area contributed by atoms with Crippen LogP contribution in [0.2, 0.25) is 0 Å². The molecule has 4 aromatic rings. The van der Waals surface area contributed by atoms with Crippen LogP contribution in [0, 0.1) is 17.1 Å². The molecule has 3 aromatic carbocycles. The summed E-state index contributed by atoms with van der Waals surface area (Å²) < 4.78 is 34.5. The first kappa shape index (κ1) is 28.6. The SMILES string of the molecule is COc1ccc(-c2oc(NC(=O)COC(=O)CCC(=O)c3ccc(F)cc3)c(C#N)c2-c2ccc(OC)cc2)cc1. The minimum atomic E-state index is -0.770. The van der Waals surface area contributed by atoms with Gasteiger partial charge >= 0.3 is 5.97 Å². The largest absolute Gasteiger partial charge is 0.497 e. The summed E-state index contributed by atoms with van der Waals surface area (Å²) in [5.74, 6) is -0.881. The number of carbonyl (C=O) groups excluding carboxylic acids is 3. The molecule has 0 spiro atoms. The zero-order valence-corrected chi connectivity index (χ0v) is 22.2. The normalized spacial score (nSPS) is 10.4. The Morgan fingerprint density at radius 3 is 2.00 bits per heavy atom. The Morgan fingerprint density at radius 1 is 0.854 bits per heavy atom. The number of hydrogen-bond donors (Lipinski definition) is 1. The van der Waals surface area contributed by atoms with Crippen molar-refractivity contribution in [1.29, 1.82) is 5.26 Å². The maximum atomic E-state index is 13.0. The average Bonchev–Trinajstić information content (AvgIpc) is 3.37. The van der Waals surface area contributed by atoms with E-state index in [0.717, 1.165) is 12.1 Å². The molecule has 1 aromatic heterocycles. The van der Waals surface area contributed by atoms with Crippen molar-refractivity contribution in [2.24, 2.45) is 0 Å². The molecule has 208 valence electrons. The van der Waals surface area contributed by atoms with Gasteiger partial charge in [-0.1, -0.05) is 12.1 Å². The number of anilines is 1. The van der Waals surface area contributed by atoms with Crippen LogP contribution >= 0.6 is 0 Å². The molecular formula is C31H25FN2O7. The second kappa shape index (κ2) is 13.1. The number of nitrogens with zero attached hydrogens (tertiary/aromatic N) is 1. The Labute approximate surface area is 235 Å². The van der Waals surface area contributed by atoms with Gasteiger partial charge in [-0.05, 0) is 66.2 Å². The van der Waals surface area contributed by atoms with Crippen LogP contribution in [0.5, 0.6) is 11.5 Å². The van der Waals surface area contributed by atoms with Gasteiger partial charge in [0.1, 0.15) is 34.7 Å². The van der Waals surface area contributed by atoms with E-state index in [4.69, 9.17) is 18.6 Å². The van der Waals surface area contributed by atoms with Crippen LogP contribution in [0.3, 0.4) is 0 Å². The summed E-state index contributed by atoms with van der Waals surface area (Å²) in [4.78, 5) is 37.0. The molecule has 0 saturated heterocycles. The third-order valence-electron chi connectivity index (χ3n) is 6.09. The lowest BCUT2D eigenvalue weighted by atomic mass is 9.98. The van der Waals surface area contributed by atoms with E-state index in [2.05, 4.69) is 11.4 Å². The highest BCUT2D eigenvalue weighted by Crippen LogP contribution is 2.42. The molecule has 0 aliphatic carbocycles. The number of methoxy groups -OCH3 is 2. The summed E-state index contributed by atoms with van der Waals surface area (Å²) in [5.41, 5.74) is 2.07. The van der Waals surface area contributed by atoms with Gasteiger partial charge in [-0.15, -0.1) is 0 Å². The van der Waals surface area contributed by atoms with Crippen molar-refractivity contribution in [2.75, 3.05) is 26.1 Å². The summed E-state index contributed by atoms with van der Waals surface area (Å²) >= 11 is 0. The molecule has 0 bridgehead atoms. The van der Waals surface area contributed by atoms with Gasteiger partial charge in [-0.3, -0.25) is 19.7 Å². The molecule has 0 unspecified atom stereocenters. The van der Waals surface area contributed by atoms with Crippen molar-refractivity contribution in [3.05, 3.63) is 89.7 Å². The number of ether oxygens (including phenoxy) is 3. The van der Waals surface area contributed by atoms with Crippen molar-refractivity contribution in [3.8, 4) is 40.0 Å². The molecule has 10 heteroatoms. The van der Waals surface area contributed by atoms with Gasteiger partial charge in [0.05, 0.1) is 20.6 Å². The standard InChI is InChI=1S/C31H25FN2O7/c1-38-23-11-5-20(6-12-23)29-25(17-33)31(41-30(29)21-7-13-24(39-2)14-8-21)34-27(36)18-40-28(37)16-15-26(35)19-3-9-22(32)10-4-19/h3-14H,15-16,18H2,1-2H3,(H,34,36). The quantitative estimate of drug-likeness (QED) is 0.182. The first-order valence-corrected chi connectivity index (χ1v) is 12.4. The van der Waals surface area contributed by atoms with Gasteiger partial charge in [0, 0.05) is 23.1 Å². The summed E-state index contributed by atoms with van der Waals surface area (Å²) in [7, 11) is 3.09. The third kappa shape index (κ3) is 6.96. The van der Waals surface area contributed by atoms with Crippen molar-refractivity contribution < 1.29 is 37.4 Å². The summed E-state index contributed by atoms with van der Waals surface area (Å²) in [5, 5.41) is 12.5. The molecule has 0 atom stereocenters. The Hall–Kier alpha value is -5.43. The molecule has 0 radical (unpaired) electrons. The molecule has 1 amide bonds. The highest BCUT2D eigenvalue weighted by atomic mass is 19.1. The van der Waals surface area contributed by atoms with E-state index in [-0.39, 0.29) is 35.6 Å². The molecular weight excluding hydrogens is 531 g/mol. The molecule has 0 aliphatic heterocycles. The topological polar surface area (TPSA) is 128 Å². The van der Waals surface area contributed by atoms with Crippen molar-refractivity contribution in [2.45, 2.75) is 12.8 Å². The molecule has 4 rings (SSSR count). The molecule has 0 aliphatic rings. The highest BCUT2D eigenvalue weighted by Gasteiger charge is 2.25. The number of esters is 1. The van der Waals surface area contributed by atoms with Crippen LogP contribution in [0.1, 0.15) is 28.8 Å². The number of Topliss-reactive ketones (excluding diaryl/α,β-unsaturated/α-hetero) is 1. The van der Waals surface area contributed by atoms with Gasteiger partial charge < -0.3 is 18.6 Å². The van der Waals surface area contributed by atoms with Crippen molar-refractivity contribution in [3.63, 3.8) is 0 Å². The fraction of sp³-hybridized carbons (Fsp3) is 0.161. The number of rotatable bonds is 11. The number of nitriles is 1. The van der Waals surface area contributed by atoms with Crippen LogP contribution in [0.15, 0.2) is 77.2 Å². The first-order valence-electron chi connectivity index (χ1n) is 12.4. The third-order valence-corrected chi connectivity index (χ3v) is 6.09. The lowest BCUT2D eigenvalue weighted by molar-refractivity contribution is -0.147. The molecule has 0 saturated carbocycles. The fourth-order valence-electron chi connectivity index (χ4n) is 3.98. The average molecular weight is 557 g/mol. The predicted molar refractivity (Wildman–Crippen MR) is 147 cm³/mol. The lowest BCUT2D eigenvalue weighted by Crippen LogP contribution is -2.21. The molecule has 41 heavy (non-hydrogen) atoms. The minimum absolute atomic E-state index is 0.0746. The van der Waals surface area contributed by atoms with Gasteiger partial charge in [0.25, 0.3) is 5.91 Å². The van der Waals surface area contributed by atoms with Crippen molar-refractivity contribution >= 4 is 23.5 Å². The number of benzene rings is 3. The Balaban J connectivity index is 1.49. The van der Waals surface area contributed by atoms with Gasteiger partial charge in [0.15, 0.2) is 12.4 Å². The molecule has 1 N–H and O–H groups in total. The second-order valence-corrected chi connectivity index (χ2v) is 8.72. The van der Waals surface area contributed by atoms with Gasteiger partial charge in [-0.2, -0.15) is 5.26 Å². The number of nitrogens with one attached hydrogen (secondary N) is 1. The van der Waals surface area contributed by atoms with Crippen LogP contribution in [-0.4, -0.2) is 38.5 Å². The maximum absolute atomic E-state index is 13.0. The molecule has 9 nitrogen and oxygen atoms in total. The van der Waals surface area contributed by atoms with Crippen LogP contribution in [0.4, 0.5) is 10.3 Å². The van der Waals surface area contributed by atoms with E-state index in [0.29, 0.717) is 33.9 Å². The Bertz CT molecular complexity index is 1590. The van der Waals surface area contributed by atoms with Crippen LogP contribution in [-0.2, 0) is 14.3 Å². The van der Waals surface area contributed by atoms with E-state index in [1.165, 1.54) is 12.1 Å². The zero-order valence-electron chi connectivity index (χ0n) is 22.2. The number of hydrogen-bond acceptors (Lipinski definition) is 8. The number of halogens is 1. The number of furan rings is 1. The van der Waals surface area contributed by atoms with E-state index in [1.807, 2.05) is 0 Å². The molecule has 1 heterocycles. The summed E-state index contributed by atoms with van der Waals surface area (Å²) in [6, 6.07) is 21.0. The Kier molecular flexibility index (Phi) is 9.12. The van der Waals surface area contributed by atoms with Crippen LogP contribution < -0.4 is 14.8 Å².